The minimum absolute atomic E-state index is 0.0127. The zero-order valence-electron chi connectivity index (χ0n) is 12.8. The summed E-state index contributed by atoms with van der Waals surface area (Å²) in [5.74, 6) is -2.25. The summed E-state index contributed by atoms with van der Waals surface area (Å²) < 4.78 is 64.1. The van der Waals surface area contributed by atoms with Crippen LogP contribution in [0, 0.1) is 5.82 Å². The van der Waals surface area contributed by atoms with Crippen LogP contribution >= 0.6 is 11.6 Å². The Morgan fingerprint density at radius 2 is 1.73 bits per heavy atom. The van der Waals surface area contributed by atoms with Crippen LogP contribution in [-0.4, -0.2) is 31.0 Å². The minimum Gasteiger partial charge on any atom is -0.504 e. The molecule has 0 aliphatic carbocycles. The van der Waals surface area contributed by atoms with E-state index in [0.717, 1.165) is 24.3 Å². The summed E-state index contributed by atoms with van der Waals surface area (Å²) in [6, 6.07) is 4.90. The third kappa shape index (κ3) is 5.41. The number of aldehydes is 1. The molecule has 0 bridgehead atoms. The normalized spacial score (nSPS) is 11.1. The Balaban J connectivity index is 1.98. The van der Waals surface area contributed by atoms with Crippen LogP contribution in [0.5, 0.6) is 23.0 Å². The maximum absolute atomic E-state index is 13.6. The maximum Gasteiger partial charge on any atom is 0.573 e. The summed E-state index contributed by atoms with van der Waals surface area (Å²) in [6.45, 7) is -0.431. The number of phenols is 1. The minimum atomic E-state index is -4.89. The van der Waals surface area contributed by atoms with Crippen molar-refractivity contribution < 1.29 is 41.7 Å². The van der Waals surface area contributed by atoms with Gasteiger partial charge in [0, 0.05) is 11.1 Å². The third-order valence-electron chi connectivity index (χ3n) is 2.94. The molecule has 0 unspecified atom stereocenters. The van der Waals surface area contributed by atoms with Crippen molar-refractivity contribution in [2.45, 2.75) is 6.36 Å². The van der Waals surface area contributed by atoms with Crippen LogP contribution in [0.25, 0.3) is 0 Å². The van der Waals surface area contributed by atoms with Crippen LogP contribution in [0.4, 0.5) is 17.6 Å². The number of halogens is 5. The third-order valence-corrected chi connectivity index (χ3v) is 3.16. The summed E-state index contributed by atoms with van der Waals surface area (Å²) >= 11 is 5.67. The molecule has 0 saturated carbocycles. The van der Waals surface area contributed by atoms with E-state index in [9.17, 15) is 27.5 Å². The van der Waals surface area contributed by atoms with Crippen molar-refractivity contribution >= 4 is 17.9 Å². The number of rotatable bonds is 7. The summed E-state index contributed by atoms with van der Waals surface area (Å²) in [5, 5.41) is 9.60. The summed E-state index contributed by atoms with van der Waals surface area (Å²) in [6.07, 6.45) is -4.63. The van der Waals surface area contributed by atoms with Gasteiger partial charge in [0.15, 0.2) is 17.8 Å². The number of carbonyl (C=O) groups is 1. The van der Waals surface area contributed by atoms with E-state index in [0.29, 0.717) is 0 Å². The molecular formula is C16H11ClF4O5. The van der Waals surface area contributed by atoms with Gasteiger partial charge in [-0.25, -0.2) is 4.39 Å². The number of carbonyl (C=O) groups excluding carboxylic acids is 1. The lowest BCUT2D eigenvalue weighted by atomic mass is 10.2. The second-order valence-electron chi connectivity index (χ2n) is 4.79. The SMILES string of the molecule is O=Cc1c(F)cc(Cl)cc1OCCOc1cc(OC(F)(F)F)ccc1O. The van der Waals surface area contributed by atoms with Gasteiger partial charge in [0.2, 0.25) is 0 Å². The number of benzene rings is 2. The summed E-state index contributed by atoms with van der Waals surface area (Å²) in [7, 11) is 0. The fourth-order valence-electron chi connectivity index (χ4n) is 1.91. The molecule has 0 atom stereocenters. The largest absolute Gasteiger partial charge is 0.573 e. The highest BCUT2D eigenvalue weighted by Crippen LogP contribution is 2.33. The molecule has 1 N–H and O–H groups in total. The van der Waals surface area contributed by atoms with E-state index in [-0.39, 0.29) is 41.6 Å². The van der Waals surface area contributed by atoms with Gasteiger partial charge in [-0.3, -0.25) is 4.79 Å². The van der Waals surface area contributed by atoms with Gasteiger partial charge in [-0.2, -0.15) is 0 Å². The highest BCUT2D eigenvalue weighted by molar-refractivity contribution is 6.30. The molecule has 2 aromatic rings. The molecule has 0 saturated heterocycles. The van der Waals surface area contributed by atoms with E-state index < -0.39 is 23.7 Å². The van der Waals surface area contributed by atoms with Gasteiger partial charge in [-0.1, -0.05) is 11.6 Å². The molecule has 2 aromatic carbocycles. The average molecular weight is 395 g/mol. The average Bonchev–Trinajstić information content (AvgIpc) is 2.52. The fraction of sp³-hybridized carbons (Fsp3) is 0.188. The van der Waals surface area contributed by atoms with Gasteiger partial charge in [-0.15, -0.1) is 13.2 Å². The topological polar surface area (TPSA) is 65.0 Å². The van der Waals surface area contributed by atoms with Crippen LogP contribution < -0.4 is 14.2 Å². The molecule has 0 aliphatic heterocycles. The van der Waals surface area contributed by atoms with Crippen molar-refractivity contribution in [1.29, 1.82) is 0 Å². The second kappa shape index (κ2) is 8.13. The van der Waals surface area contributed by atoms with E-state index in [1.54, 1.807) is 0 Å². The zero-order chi connectivity index (χ0) is 19.3. The van der Waals surface area contributed by atoms with Crippen molar-refractivity contribution in [2.24, 2.45) is 0 Å². The van der Waals surface area contributed by atoms with Gasteiger partial charge in [-0.05, 0) is 24.3 Å². The maximum atomic E-state index is 13.6. The molecule has 0 heterocycles. The molecular weight excluding hydrogens is 384 g/mol. The van der Waals surface area contributed by atoms with Crippen LogP contribution in [0.1, 0.15) is 10.4 Å². The first-order chi connectivity index (χ1) is 12.2. The highest BCUT2D eigenvalue weighted by Gasteiger charge is 2.31. The van der Waals surface area contributed by atoms with Crippen molar-refractivity contribution in [1.82, 2.24) is 0 Å². The van der Waals surface area contributed by atoms with Gasteiger partial charge in [0.05, 0.1) is 5.56 Å². The first-order valence-corrected chi connectivity index (χ1v) is 7.36. The molecule has 10 heteroatoms. The van der Waals surface area contributed by atoms with Crippen LogP contribution in [0.2, 0.25) is 5.02 Å². The first-order valence-electron chi connectivity index (χ1n) is 6.98. The smallest absolute Gasteiger partial charge is 0.504 e. The van der Waals surface area contributed by atoms with Crippen LogP contribution in [-0.2, 0) is 0 Å². The Morgan fingerprint density at radius 3 is 2.35 bits per heavy atom. The standard InChI is InChI=1S/C16H11ClF4O5/c17-9-5-12(18)11(8-22)14(6-9)24-3-4-25-15-7-10(1-2-13(15)23)26-16(19,20)21/h1-2,5-8,23H,3-4H2. The van der Waals surface area contributed by atoms with Gasteiger partial charge in [0.1, 0.15) is 30.5 Å². The Morgan fingerprint density at radius 1 is 1.08 bits per heavy atom. The molecule has 0 radical (unpaired) electrons. The zero-order valence-corrected chi connectivity index (χ0v) is 13.6. The predicted octanol–water partition coefficient (Wildman–Crippen LogP) is 4.35. The predicted molar refractivity (Wildman–Crippen MR) is 82.6 cm³/mol. The van der Waals surface area contributed by atoms with E-state index in [4.69, 9.17) is 21.1 Å². The molecule has 26 heavy (non-hydrogen) atoms. The molecule has 5 nitrogen and oxygen atoms in total. The van der Waals surface area contributed by atoms with E-state index in [2.05, 4.69) is 4.74 Å². The molecule has 0 spiro atoms. The Hall–Kier alpha value is -2.68. The summed E-state index contributed by atoms with van der Waals surface area (Å²) in [4.78, 5) is 10.9. The van der Waals surface area contributed by atoms with E-state index in [1.165, 1.54) is 6.07 Å². The monoisotopic (exact) mass is 394 g/mol. The lowest BCUT2D eigenvalue weighted by molar-refractivity contribution is -0.274. The quantitative estimate of drug-likeness (QED) is 0.429. The molecule has 0 fully saturated rings. The van der Waals surface area contributed by atoms with Crippen molar-refractivity contribution in [3.8, 4) is 23.0 Å². The van der Waals surface area contributed by atoms with Crippen molar-refractivity contribution in [3.63, 3.8) is 0 Å². The number of ether oxygens (including phenoxy) is 3. The van der Waals surface area contributed by atoms with Gasteiger partial charge in [0.25, 0.3) is 0 Å². The number of phenolic OH excluding ortho intramolecular Hbond substituents is 1. The Labute approximate surface area is 149 Å². The highest BCUT2D eigenvalue weighted by atomic mass is 35.5. The number of aromatic hydroxyl groups is 1. The Kier molecular flexibility index (Phi) is 6.14. The summed E-state index contributed by atoms with van der Waals surface area (Å²) in [5.41, 5.74) is -0.335. The van der Waals surface area contributed by atoms with Gasteiger partial charge >= 0.3 is 6.36 Å². The molecule has 0 amide bonds. The Bertz CT molecular complexity index is 795. The van der Waals surface area contributed by atoms with Crippen LogP contribution in [0.3, 0.4) is 0 Å². The van der Waals surface area contributed by atoms with E-state index in [1.807, 2.05) is 0 Å². The van der Waals surface area contributed by atoms with Crippen molar-refractivity contribution in [2.75, 3.05) is 13.2 Å². The lowest BCUT2D eigenvalue weighted by Crippen LogP contribution is -2.17. The molecule has 2 rings (SSSR count). The molecule has 0 aromatic heterocycles. The number of alkyl halides is 3. The van der Waals surface area contributed by atoms with Gasteiger partial charge < -0.3 is 19.3 Å². The fourth-order valence-corrected chi connectivity index (χ4v) is 2.10. The molecule has 0 aliphatic rings. The lowest BCUT2D eigenvalue weighted by Gasteiger charge is -2.13. The van der Waals surface area contributed by atoms with Crippen molar-refractivity contribution in [3.05, 3.63) is 46.7 Å². The first kappa shape index (κ1) is 19.6. The van der Waals surface area contributed by atoms with Crippen LogP contribution in [0.15, 0.2) is 30.3 Å². The molecule has 140 valence electrons. The number of hydrogen-bond acceptors (Lipinski definition) is 5. The second-order valence-corrected chi connectivity index (χ2v) is 5.23. The van der Waals surface area contributed by atoms with E-state index >= 15 is 0 Å². The number of hydrogen-bond donors (Lipinski definition) is 1.